The zero-order valence-electron chi connectivity index (χ0n) is 9.54. The summed E-state index contributed by atoms with van der Waals surface area (Å²) in [6.07, 6.45) is 0. The molecule has 1 amide bonds. The molecule has 1 heterocycles. The third kappa shape index (κ3) is 2.48. The fraction of sp³-hybridized carbons (Fsp3) is 0.250. The molecule has 0 aliphatic rings. The van der Waals surface area contributed by atoms with Crippen molar-refractivity contribution in [3.63, 3.8) is 0 Å². The minimum atomic E-state index is -0.365. The number of aliphatic hydroxyl groups excluding tert-OH is 1. The van der Waals surface area contributed by atoms with Crippen molar-refractivity contribution in [2.45, 2.75) is 13.0 Å². The molecule has 1 unspecified atom stereocenters. The fourth-order valence-electron chi connectivity index (χ4n) is 1.52. The Balaban J connectivity index is 2.39. The predicted molar refractivity (Wildman–Crippen MR) is 70.8 cm³/mol. The lowest BCUT2D eigenvalue weighted by molar-refractivity contribution is 0.0926. The topological polar surface area (TPSA) is 49.3 Å². The number of carbonyl (C=O) groups excluding carboxylic acids is 1. The van der Waals surface area contributed by atoms with Gasteiger partial charge in [-0.3, -0.25) is 4.79 Å². The number of rotatable bonds is 3. The number of benzene rings is 1. The standard InChI is InChI=1S/C12H11ClFNO2S/c1-6(5-16)15-12(17)11-10(13)8-3-2-7(14)4-9(8)18-11/h2-4,6,16H,5H2,1H3,(H,15,17). The van der Waals surface area contributed by atoms with Gasteiger partial charge in [0.25, 0.3) is 5.91 Å². The molecule has 0 spiro atoms. The van der Waals surface area contributed by atoms with Crippen molar-refractivity contribution in [2.75, 3.05) is 6.61 Å². The Labute approximate surface area is 112 Å². The van der Waals surface area contributed by atoms with Crippen molar-refractivity contribution >= 4 is 38.9 Å². The molecular weight excluding hydrogens is 277 g/mol. The highest BCUT2D eigenvalue weighted by atomic mass is 35.5. The number of hydrogen-bond donors (Lipinski definition) is 2. The third-order valence-electron chi connectivity index (χ3n) is 2.45. The molecule has 96 valence electrons. The lowest BCUT2D eigenvalue weighted by Gasteiger charge is -2.09. The maximum atomic E-state index is 13.1. The second kappa shape index (κ2) is 5.22. The zero-order valence-corrected chi connectivity index (χ0v) is 11.1. The molecule has 1 aromatic carbocycles. The van der Waals surface area contributed by atoms with Gasteiger partial charge < -0.3 is 10.4 Å². The molecule has 2 N–H and O–H groups in total. The highest BCUT2D eigenvalue weighted by Crippen LogP contribution is 2.35. The normalized spacial score (nSPS) is 12.7. The Morgan fingerprint density at radius 3 is 3.00 bits per heavy atom. The molecule has 0 aliphatic carbocycles. The van der Waals surface area contributed by atoms with Gasteiger partial charge in [-0.2, -0.15) is 0 Å². The van der Waals surface area contributed by atoms with E-state index in [9.17, 15) is 9.18 Å². The van der Waals surface area contributed by atoms with E-state index in [1.807, 2.05) is 0 Å². The zero-order chi connectivity index (χ0) is 13.3. The van der Waals surface area contributed by atoms with Gasteiger partial charge in [-0.1, -0.05) is 11.6 Å². The Hall–Kier alpha value is -1.17. The van der Waals surface area contributed by atoms with Crippen molar-refractivity contribution in [3.05, 3.63) is 33.9 Å². The molecule has 0 aliphatic heterocycles. The van der Waals surface area contributed by atoms with Gasteiger partial charge in [0.05, 0.1) is 11.6 Å². The molecular formula is C12H11ClFNO2S. The highest BCUT2D eigenvalue weighted by Gasteiger charge is 2.18. The first-order chi connectivity index (χ1) is 8.52. The third-order valence-corrected chi connectivity index (χ3v) is 4.11. The van der Waals surface area contributed by atoms with E-state index in [0.717, 1.165) is 11.3 Å². The molecule has 1 atom stereocenters. The number of nitrogens with one attached hydrogen (secondary N) is 1. The first-order valence-electron chi connectivity index (χ1n) is 5.32. The van der Waals surface area contributed by atoms with Gasteiger partial charge in [-0.05, 0) is 25.1 Å². The molecule has 0 radical (unpaired) electrons. The van der Waals surface area contributed by atoms with E-state index in [1.165, 1.54) is 12.1 Å². The van der Waals surface area contributed by atoms with E-state index in [1.54, 1.807) is 13.0 Å². The van der Waals surface area contributed by atoms with Crippen LogP contribution < -0.4 is 5.32 Å². The molecule has 1 aromatic heterocycles. The number of thiophene rings is 1. The van der Waals surface area contributed by atoms with Crippen molar-refractivity contribution in [1.29, 1.82) is 0 Å². The summed E-state index contributed by atoms with van der Waals surface area (Å²) in [5.41, 5.74) is 0. The average Bonchev–Trinajstić information content (AvgIpc) is 2.66. The molecule has 2 aromatic rings. The summed E-state index contributed by atoms with van der Waals surface area (Å²) < 4.78 is 13.7. The minimum absolute atomic E-state index is 0.150. The molecule has 0 saturated carbocycles. The van der Waals surface area contributed by atoms with Gasteiger partial charge in [-0.25, -0.2) is 4.39 Å². The Morgan fingerprint density at radius 1 is 1.61 bits per heavy atom. The molecule has 0 bridgehead atoms. The number of amides is 1. The van der Waals surface area contributed by atoms with Gasteiger partial charge in [0.15, 0.2) is 0 Å². The summed E-state index contributed by atoms with van der Waals surface area (Å²) in [5, 5.41) is 12.5. The Morgan fingerprint density at radius 2 is 2.33 bits per heavy atom. The summed E-state index contributed by atoms with van der Waals surface area (Å²) in [6, 6.07) is 3.85. The number of fused-ring (bicyclic) bond motifs is 1. The van der Waals surface area contributed by atoms with Crippen LogP contribution in [0.1, 0.15) is 16.6 Å². The van der Waals surface area contributed by atoms with Crippen LogP contribution in [0, 0.1) is 5.82 Å². The van der Waals surface area contributed by atoms with E-state index in [2.05, 4.69) is 5.32 Å². The van der Waals surface area contributed by atoms with E-state index in [-0.39, 0.29) is 24.4 Å². The first kappa shape index (κ1) is 13.3. The van der Waals surface area contributed by atoms with Gasteiger partial charge in [0, 0.05) is 16.1 Å². The van der Waals surface area contributed by atoms with Crippen LogP contribution in [0.25, 0.3) is 10.1 Å². The second-order valence-corrected chi connectivity index (χ2v) is 5.37. The molecule has 0 saturated heterocycles. The Kier molecular flexibility index (Phi) is 3.85. The van der Waals surface area contributed by atoms with Crippen LogP contribution >= 0.6 is 22.9 Å². The van der Waals surface area contributed by atoms with Crippen LogP contribution in [-0.4, -0.2) is 23.7 Å². The summed E-state index contributed by atoms with van der Waals surface area (Å²) in [6.45, 7) is 1.53. The van der Waals surface area contributed by atoms with Crippen LogP contribution in [0.15, 0.2) is 18.2 Å². The quantitative estimate of drug-likeness (QED) is 0.912. The van der Waals surface area contributed by atoms with Crippen molar-refractivity contribution < 1.29 is 14.3 Å². The van der Waals surface area contributed by atoms with Gasteiger partial charge in [-0.15, -0.1) is 11.3 Å². The lowest BCUT2D eigenvalue weighted by atomic mass is 10.2. The summed E-state index contributed by atoms with van der Waals surface area (Å²) in [7, 11) is 0. The van der Waals surface area contributed by atoms with Crippen LogP contribution in [0.4, 0.5) is 4.39 Å². The van der Waals surface area contributed by atoms with Crippen LogP contribution in [0.2, 0.25) is 5.02 Å². The van der Waals surface area contributed by atoms with Crippen LogP contribution in [-0.2, 0) is 0 Å². The van der Waals surface area contributed by atoms with E-state index < -0.39 is 0 Å². The summed E-state index contributed by atoms with van der Waals surface area (Å²) in [5.74, 6) is -0.723. The van der Waals surface area contributed by atoms with Gasteiger partial charge in [0.1, 0.15) is 10.7 Å². The Bertz CT molecular complexity index is 599. The average molecular weight is 288 g/mol. The minimum Gasteiger partial charge on any atom is -0.394 e. The highest BCUT2D eigenvalue weighted by molar-refractivity contribution is 7.21. The lowest BCUT2D eigenvalue weighted by Crippen LogP contribution is -2.34. The van der Waals surface area contributed by atoms with E-state index >= 15 is 0 Å². The fourth-order valence-corrected chi connectivity index (χ4v) is 2.97. The SMILES string of the molecule is CC(CO)NC(=O)c1sc2cc(F)ccc2c1Cl. The number of halogens is 2. The second-order valence-electron chi connectivity index (χ2n) is 3.94. The van der Waals surface area contributed by atoms with Crippen molar-refractivity contribution in [2.24, 2.45) is 0 Å². The smallest absolute Gasteiger partial charge is 0.263 e. The molecule has 2 rings (SSSR count). The first-order valence-corrected chi connectivity index (χ1v) is 6.51. The van der Waals surface area contributed by atoms with Crippen LogP contribution in [0.5, 0.6) is 0 Å². The number of hydrogen-bond acceptors (Lipinski definition) is 3. The number of aliphatic hydroxyl groups is 1. The monoisotopic (exact) mass is 287 g/mol. The van der Waals surface area contributed by atoms with Crippen LogP contribution in [0.3, 0.4) is 0 Å². The summed E-state index contributed by atoms with van der Waals surface area (Å²) in [4.78, 5) is 12.2. The van der Waals surface area contributed by atoms with E-state index in [4.69, 9.17) is 16.7 Å². The van der Waals surface area contributed by atoms with Crippen molar-refractivity contribution in [1.82, 2.24) is 5.32 Å². The summed E-state index contributed by atoms with van der Waals surface area (Å²) >= 11 is 7.23. The molecule has 18 heavy (non-hydrogen) atoms. The predicted octanol–water partition coefficient (Wildman–Crippen LogP) is 2.80. The molecule has 6 heteroatoms. The van der Waals surface area contributed by atoms with E-state index in [0.29, 0.717) is 20.0 Å². The van der Waals surface area contributed by atoms with Gasteiger partial charge >= 0.3 is 0 Å². The van der Waals surface area contributed by atoms with Gasteiger partial charge in [0.2, 0.25) is 0 Å². The molecule has 3 nitrogen and oxygen atoms in total. The number of carbonyl (C=O) groups is 1. The molecule has 0 fully saturated rings. The largest absolute Gasteiger partial charge is 0.394 e. The maximum Gasteiger partial charge on any atom is 0.263 e. The van der Waals surface area contributed by atoms with Crippen molar-refractivity contribution in [3.8, 4) is 0 Å². The maximum absolute atomic E-state index is 13.1.